The minimum Gasteiger partial charge on any atom is -0.361 e. The van der Waals surface area contributed by atoms with Gasteiger partial charge in [0, 0.05) is 24.8 Å². The van der Waals surface area contributed by atoms with E-state index in [0.29, 0.717) is 12.2 Å². The molecule has 0 bridgehead atoms. The van der Waals surface area contributed by atoms with Crippen LogP contribution in [0.2, 0.25) is 0 Å². The van der Waals surface area contributed by atoms with Crippen LogP contribution < -0.4 is 0 Å². The lowest BCUT2D eigenvalue weighted by molar-refractivity contribution is 0.0722. The number of carbonyl (C=O) groups is 1. The molecule has 0 unspecified atom stereocenters. The van der Waals surface area contributed by atoms with Crippen molar-refractivity contribution in [1.29, 1.82) is 0 Å². The number of aryl methyl sites for hydroxylation is 3. The van der Waals surface area contributed by atoms with Crippen LogP contribution in [0.3, 0.4) is 0 Å². The standard InChI is InChI=1S/C15H20N4O2/c1-4-19-13(7-8-16-19)15(20)18-9-5-6-12(18)14-10(2)17-21-11(14)3/h7-8,12H,4-6,9H2,1-3H3/t12-/m1/s1. The van der Waals surface area contributed by atoms with Gasteiger partial charge in [-0.1, -0.05) is 5.16 Å². The van der Waals surface area contributed by atoms with Gasteiger partial charge >= 0.3 is 0 Å². The molecule has 0 N–H and O–H groups in total. The van der Waals surface area contributed by atoms with E-state index in [9.17, 15) is 4.79 Å². The number of hydrogen-bond acceptors (Lipinski definition) is 4. The average Bonchev–Trinajstić information content (AvgIpc) is 3.18. The summed E-state index contributed by atoms with van der Waals surface area (Å²) < 4.78 is 7.01. The van der Waals surface area contributed by atoms with Crippen LogP contribution in [0.4, 0.5) is 0 Å². The molecule has 6 nitrogen and oxygen atoms in total. The van der Waals surface area contributed by atoms with Gasteiger partial charge in [-0.3, -0.25) is 9.48 Å². The zero-order valence-corrected chi connectivity index (χ0v) is 12.7. The maximum Gasteiger partial charge on any atom is 0.272 e. The summed E-state index contributed by atoms with van der Waals surface area (Å²) in [4.78, 5) is 14.8. The third kappa shape index (κ3) is 2.24. The Morgan fingerprint density at radius 2 is 2.29 bits per heavy atom. The summed E-state index contributed by atoms with van der Waals surface area (Å²) in [7, 11) is 0. The van der Waals surface area contributed by atoms with Crippen molar-refractivity contribution >= 4 is 5.91 Å². The summed E-state index contributed by atoms with van der Waals surface area (Å²) in [5.41, 5.74) is 2.58. The first-order valence-corrected chi connectivity index (χ1v) is 7.39. The minimum absolute atomic E-state index is 0.0388. The predicted octanol–water partition coefficient (Wildman–Crippen LogP) is 2.49. The largest absolute Gasteiger partial charge is 0.361 e. The molecule has 3 rings (SSSR count). The third-order valence-corrected chi connectivity index (χ3v) is 4.17. The van der Waals surface area contributed by atoms with Crippen molar-refractivity contribution in [2.24, 2.45) is 0 Å². The Labute approximate surface area is 123 Å². The maximum absolute atomic E-state index is 12.8. The second-order valence-corrected chi connectivity index (χ2v) is 5.43. The molecule has 1 aliphatic rings. The highest BCUT2D eigenvalue weighted by Crippen LogP contribution is 2.36. The zero-order chi connectivity index (χ0) is 15.0. The molecule has 2 aromatic rings. The molecule has 0 aliphatic carbocycles. The second-order valence-electron chi connectivity index (χ2n) is 5.43. The molecule has 112 valence electrons. The number of rotatable bonds is 3. The van der Waals surface area contributed by atoms with Crippen molar-refractivity contribution in [3.05, 3.63) is 35.0 Å². The van der Waals surface area contributed by atoms with Crippen LogP contribution in [0.5, 0.6) is 0 Å². The first kappa shape index (κ1) is 13.9. The fourth-order valence-electron chi connectivity index (χ4n) is 3.19. The summed E-state index contributed by atoms with van der Waals surface area (Å²) in [5.74, 6) is 0.845. The van der Waals surface area contributed by atoms with Gasteiger partial charge in [-0.25, -0.2) is 0 Å². The van der Waals surface area contributed by atoms with Crippen molar-refractivity contribution in [2.45, 2.75) is 46.2 Å². The molecule has 1 atom stereocenters. The molecule has 1 saturated heterocycles. The van der Waals surface area contributed by atoms with Crippen molar-refractivity contribution in [1.82, 2.24) is 19.8 Å². The van der Waals surface area contributed by atoms with Crippen LogP contribution >= 0.6 is 0 Å². The Kier molecular flexibility index (Phi) is 3.53. The molecule has 1 aliphatic heterocycles. The molecule has 6 heteroatoms. The van der Waals surface area contributed by atoms with E-state index in [1.807, 2.05) is 25.7 Å². The van der Waals surface area contributed by atoms with E-state index < -0.39 is 0 Å². The first-order chi connectivity index (χ1) is 10.1. The van der Waals surface area contributed by atoms with Gasteiger partial charge in [-0.05, 0) is 39.7 Å². The Bertz CT molecular complexity index is 639. The van der Waals surface area contributed by atoms with Crippen molar-refractivity contribution in [3.63, 3.8) is 0 Å². The number of hydrogen-bond donors (Lipinski definition) is 0. The highest BCUT2D eigenvalue weighted by Gasteiger charge is 2.35. The van der Waals surface area contributed by atoms with Gasteiger partial charge in [0.1, 0.15) is 11.5 Å². The van der Waals surface area contributed by atoms with E-state index in [-0.39, 0.29) is 11.9 Å². The van der Waals surface area contributed by atoms with Gasteiger partial charge in [0.15, 0.2) is 0 Å². The Balaban J connectivity index is 1.93. The highest BCUT2D eigenvalue weighted by molar-refractivity contribution is 5.93. The number of carbonyl (C=O) groups excluding carboxylic acids is 1. The summed E-state index contributed by atoms with van der Waals surface area (Å²) in [6, 6.07) is 1.85. The molecular formula is C15H20N4O2. The van der Waals surface area contributed by atoms with E-state index in [4.69, 9.17) is 4.52 Å². The number of likely N-dealkylation sites (tertiary alicyclic amines) is 1. The second kappa shape index (κ2) is 5.35. The molecule has 2 aromatic heterocycles. The van der Waals surface area contributed by atoms with Gasteiger partial charge in [0.2, 0.25) is 0 Å². The van der Waals surface area contributed by atoms with Crippen LogP contribution in [0.1, 0.15) is 53.3 Å². The van der Waals surface area contributed by atoms with Crippen LogP contribution in [0.25, 0.3) is 0 Å². The molecule has 3 heterocycles. The van der Waals surface area contributed by atoms with Crippen LogP contribution in [-0.4, -0.2) is 32.3 Å². The topological polar surface area (TPSA) is 64.2 Å². The van der Waals surface area contributed by atoms with E-state index in [0.717, 1.165) is 36.4 Å². The monoisotopic (exact) mass is 288 g/mol. The lowest BCUT2D eigenvalue weighted by atomic mass is 10.0. The van der Waals surface area contributed by atoms with E-state index in [2.05, 4.69) is 10.3 Å². The van der Waals surface area contributed by atoms with Gasteiger partial charge in [-0.15, -0.1) is 0 Å². The fourth-order valence-corrected chi connectivity index (χ4v) is 3.19. The molecule has 0 saturated carbocycles. The Morgan fingerprint density at radius 1 is 1.48 bits per heavy atom. The molecular weight excluding hydrogens is 268 g/mol. The van der Waals surface area contributed by atoms with Gasteiger partial charge in [-0.2, -0.15) is 5.10 Å². The number of nitrogens with zero attached hydrogens (tertiary/aromatic N) is 4. The predicted molar refractivity (Wildman–Crippen MR) is 76.9 cm³/mol. The maximum atomic E-state index is 12.8. The summed E-state index contributed by atoms with van der Waals surface area (Å²) in [6.07, 6.45) is 3.63. The lowest BCUT2D eigenvalue weighted by Crippen LogP contribution is -2.32. The van der Waals surface area contributed by atoms with Gasteiger partial charge in [0.25, 0.3) is 5.91 Å². The fraction of sp³-hybridized carbons (Fsp3) is 0.533. The molecule has 1 amide bonds. The van der Waals surface area contributed by atoms with Crippen molar-refractivity contribution in [2.75, 3.05) is 6.54 Å². The number of aromatic nitrogens is 3. The quantitative estimate of drug-likeness (QED) is 0.870. The summed E-state index contributed by atoms with van der Waals surface area (Å²) in [5, 5.41) is 8.21. The molecule has 0 spiro atoms. The minimum atomic E-state index is 0.0388. The molecule has 0 radical (unpaired) electrons. The molecule has 21 heavy (non-hydrogen) atoms. The Hall–Kier alpha value is -2.11. The Morgan fingerprint density at radius 3 is 2.95 bits per heavy atom. The highest BCUT2D eigenvalue weighted by atomic mass is 16.5. The van der Waals surface area contributed by atoms with E-state index in [1.165, 1.54) is 0 Å². The lowest BCUT2D eigenvalue weighted by Gasteiger charge is -2.24. The molecule has 1 fully saturated rings. The van der Waals surface area contributed by atoms with Crippen LogP contribution in [0, 0.1) is 13.8 Å². The van der Waals surface area contributed by atoms with Crippen molar-refractivity contribution in [3.8, 4) is 0 Å². The molecule has 0 aromatic carbocycles. The van der Waals surface area contributed by atoms with Crippen LogP contribution in [0.15, 0.2) is 16.8 Å². The number of amides is 1. The smallest absolute Gasteiger partial charge is 0.272 e. The van der Waals surface area contributed by atoms with E-state index in [1.54, 1.807) is 16.9 Å². The van der Waals surface area contributed by atoms with Gasteiger partial charge in [0.05, 0.1) is 11.7 Å². The normalized spacial score (nSPS) is 18.4. The zero-order valence-electron chi connectivity index (χ0n) is 12.7. The van der Waals surface area contributed by atoms with E-state index >= 15 is 0 Å². The first-order valence-electron chi connectivity index (χ1n) is 7.39. The summed E-state index contributed by atoms with van der Waals surface area (Å²) >= 11 is 0. The van der Waals surface area contributed by atoms with Gasteiger partial charge < -0.3 is 9.42 Å². The van der Waals surface area contributed by atoms with Crippen LogP contribution in [-0.2, 0) is 6.54 Å². The van der Waals surface area contributed by atoms with Crippen molar-refractivity contribution < 1.29 is 9.32 Å². The third-order valence-electron chi connectivity index (χ3n) is 4.17. The SMILES string of the molecule is CCn1nccc1C(=O)N1CCC[C@@H]1c1c(C)noc1C. The average molecular weight is 288 g/mol. The summed E-state index contributed by atoms with van der Waals surface area (Å²) in [6.45, 7) is 7.29.